The molecule has 0 radical (unpaired) electrons. The molecule has 200 valence electrons. The lowest BCUT2D eigenvalue weighted by Crippen LogP contribution is -2.49. The molecule has 1 aromatic heterocycles. The summed E-state index contributed by atoms with van der Waals surface area (Å²) in [5.74, 6) is -1.46. The fraction of sp³-hybridized carbons (Fsp3) is 0.429. The highest BCUT2D eigenvalue weighted by Crippen LogP contribution is 2.36. The van der Waals surface area contributed by atoms with Crippen molar-refractivity contribution in [2.75, 3.05) is 61.6 Å². The number of rotatable bonds is 4. The number of alkyl halides is 3. The van der Waals surface area contributed by atoms with Crippen LogP contribution in [0.3, 0.4) is 0 Å². The number of carbonyl (C=O) groups excluding carboxylic acids is 3. The average Bonchev–Trinajstić information content (AvgIpc) is 3.45. The van der Waals surface area contributed by atoms with Crippen molar-refractivity contribution < 1.29 is 36.7 Å². The fourth-order valence-electron chi connectivity index (χ4n) is 4.01. The van der Waals surface area contributed by atoms with Crippen LogP contribution >= 0.6 is 23.1 Å². The summed E-state index contributed by atoms with van der Waals surface area (Å²) < 4.78 is 59.9. The predicted octanol–water partition coefficient (Wildman–Crippen LogP) is 3.54. The first-order valence-electron chi connectivity index (χ1n) is 10.9. The van der Waals surface area contributed by atoms with E-state index in [0.29, 0.717) is 11.3 Å². The number of piperazine rings is 1. The number of nitrogens with zero attached hydrogens (tertiary/aromatic N) is 5. The van der Waals surface area contributed by atoms with Gasteiger partial charge in [0.15, 0.2) is 17.1 Å². The maximum Gasteiger partial charge on any atom is 0.435 e. The lowest BCUT2D eigenvalue weighted by Gasteiger charge is -2.36. The van der Waals surface area contributed by atoms with E-state index in [9.17, 15) is 27.6 Å². The SMILES string of the molecule is CSC(=O)N(C)C1CN(c2ccc(N3CCN(C(=O)c4sc(N)nc4C(F)(F)F)CC3)c(F)c2)C(=O)O1. The molecule has 37 heavy (non-hydrogen) atoms. The molecule has 0 saturated carbocycles. The minimum Gasteiger partial charge on any atom is -0.423 e. The van der Waals surface area contributed by atoms with E-state index in [4.69, 9.17) is 10.5 Å². The number of halogens is 4. The van der Waals surface area contributed by atoms with Gasteiger partial charge >= 0.3 is 12.3 Å². The summed E-state index contributed by atoms with van der Waals surface area (Å²) in [6, 6.07) is 4.18. The third-order valence-electron chi connectivity index (χ3n) is 5.95. The van der Waals surface area contributed by atoms with Crippen LogP contribution in [0, 0.1) is 5.82 Å². The lowest BCUT2D eigenvalue weighted by atomic mass is 10.2. The van der Waals surface area contributed by atoms with Crippen LogP contribution in [-0.2, 0) is 10.9 Å². The van der Waals surface area contributed by atoms with Crippen molar-refractivity contribution in [2.45, 2.75) is 12.4 Å². The molecule has 1 aromatic carbocycles. The second-order valence-electron chi connectivity index (χ2n) is 8.17. The molecule has 10 nitrogen and oxygen atoms in total. The van der Waals surface area contributed by atoms with E-state index in [1.54, 1.807) is 11.2 Å². The van der Waals surface area contributed by atoms with Gasteiger partial charge in [-0.05, 0) is 24.5 Å². The second kappa shape index (κ2) is 10.2. The first kappa shape index (κ1) is 26.8. The molecule has 2 fully saturated rings. The van der Waals surface area contributed by atoms with E-state index in [2.05, 4.69) is 4.98 Å². The summed E-state index contributed by atoms with van der Waals surface area (Å²) in [4.78, 5) is 45.0. The van der Waals surface area contributed by atoms with Gasteiger partial charge in [0.2, 0.25) is 0 Å². The minimum absolute atomic E-state index is 0.0310. The first-order chi connectivity index (χ1) is 17.4. The van der Waals surface area contributed by atoms with Crippen LogP contribution in [-0.4, -0.2) is 84.3 Å². The Bertz CT molecular complexity index is 1220. The molecule has 0 spiro atoms. The summed E-state index contributed by atoms with van der Waals surface area (Å²) in [6.07, 6.45) is -4.74. The third kappa shape index (κ3) is 5.39. The van der Waals surface area contributed by atoms with Gasteiger partial charge in [-0.15, -0.1) is 0 Å². The Morgan fingerprint density at radius 3 is 2.51 bits per heavy atom. The number of benzene rings is 1. The molecule has 3 heterocycles. The largest absolute Gasteiger partial charge is 0.435 e. The molecule has 1 atom stereocenters. The molecule has 0 bridgehead atoms. The van der Waals surface area contributed by atoms with Crippen molar-refractivity contribution in [1.82, 2.24) is 14.8 Å². The number of carbonyl (C=O) groups is 3. The topological polar surface area (TPSA) is 112 Å². The summed E-state index contributed by atoms with van der Waals surface area (Å²) in [7, 11) is 1.50. The Morgan fingerprint density at radius 2 is 1.92 bits per heavy atom. The highest BCUT2D eigenvalue weighted by Gasteiger charge is 2.41. The zero-order valence-corrected chi connectivity index (χ0v) is 21.3. The highest BCUT2D eigenvalue weighted by molar-refractivity contribution is 8.12. The molecule has 1 unspecified atom stereocenters. The molecule has 2 N–H and O–H groups in total. The average molecular weight is 563 g/mol. The van der Waals surface area contributed by atoms with Crippen LogP contribution in [0.25, 0.3) is 0 Å². The predicted molar refractivity (Wildman–Crippen MR) is 130 cm³/mol. The normalized spacial score (nSPS) is 18.3. The molecule has 2 aliphatic heterocycles. The van der Waals surface area contributed by atoms with E-state index in [0.717, 1.165) is 11.8 Å². The zero-order valence-electron chi connectivity index (χ0n) is 19.6. The van der Waals surface area contributed by atoms with Crippen LogP contribution < -0.4 is 15.5 Å². The Kier molecular flexibility index (Phi) is 7.41. The van der Waals surface area contributed by atoms with Crippen molar-refractivity contribution in [3.05, 3.63) is 34.6 Å². The van der Waals surface area contributed by atoms with Crippen LogP contribution in [0.1, 0.15) is 15.4 Å². The van der Waals surface area contributed by atoms with Gasteiger partial charge in [-0.25, -0.2) is 14.2 Å². The number of ether oxygens (including phenoxy) is 1. The van der Waals surface area contributed by atoms with Gasteiger partial charge in [-0.1, -0.05) is 23.1 Å². The van der Waals surface area contributed by atoms with Crippen LogP contribution in [0.4, 0.5) is 43.7 Å². The zero-order chi connectivity index (χ0) is 27.1. The minimum atomic E-state index is -4.81. The van der Waals surface area contributed by atoms with Gasteiger partial charge in [-0.2, -0.15) is 13.2 Å². The number of thiazole rings is 1. The Balaban J connectivity index is 1.42. The maximum absolute atomic E-state index is 15.0. The van der Waals surface area contributed by atoms with E-state index in [1.165, 1.54) is 39.9 Å². The summed E-state index contributed by atoms with van der Waals surface area (Å²) in [5.41, 5.74) is 4.55. The number of nitrogens with two attached hydrogens (primary N) is 1. The Labute approximate surface area is 216 Å². The standard InChI is InChI=1S/C21H22F4N6O4S2/c1-28(20(34)36-2)14-10-31(19(33)35-14)11-3-4-13(12(22)9-11)29-5-7-30(8-6-29)17(32)15-16(21(23,24)25)27-18(26)37-15/h3-4,9,14H,5-8,10H2,1-2H3,(H2,26,27). The monoisotopic (exact) mass is 562 g/mol. The lowest BCUT2D eigenvalue weighted by molar-refractivity contribution is -0.141. The molecule has 2 aromatic rings. The molecule has 2 saturated heterocycles. The number of cyclic esters (lactones) is 1. The van der Waals surface area contributed by atoms with Crippen LogP contribution in [0.15, 0.2) is 18.2 Å². The van der Waals surface area contributed by atoms with Crippen LogP contribution in [0.5, 0.6) is 0 Å². The van der Waals surface area contributed by atoms with Crippen molar-refractivity contribution in [1.29, 1.82) is 0 Å². The fourth-order valence-corrected chi connectivity index (χ4v) is 5.24. The maximum atomic E-state index is 15.0. The van der Waals surface area contributed by atoms with Crippen molar-refractivity contribution in [3.8, 4) is 0 Å². The Hall–Kier alpha value is -3.27. The molecule has 2 aliphatic rings. The Morgan fingerprint density at radius 1 is 1.24 bits per heavy atom. The number of anilines is 3. The van der Waals surface area contributed by atoms with E-state index >= 15 is 4.39 Å². The summed E-state index contributed by atoms with van der Waals surface area (Å²) >= 11 is 1.45. The van der Waals surface area contributed by atoms with E-state index in [-0.39, 0.29) is 54.5 Å². The number of nitrogen functional groups attached to an aromatic ring is 1. The summed E-state index contributed by atoms with van der Waals surface area (Å²) in [6.45, 7) is 0.499. The number of hydrogen-bond acceptors (Lipinski definition) is 9. The van der Waals surface area contributed by atoms with Gasteiger partial charge in [0.05, 0.1) is 17.9 Å². The molecule has 4 rings (SSSR count). The number of likely N-dealkylation sites (N-methyl/N-ethyl adjacent to an activating group) is 1. The molecular weight excluding hydrogens is 540 g/mol. The van der Waals surface area contributed by atoms with Crippen molar-refractivity contribution in [2.24, 2.45) is 0 Å². The van der Waals surface area contributed by atoms with Crippen LogP contribution in [0.2, 0.25) is 0 Å². The second-order valence-corrected chi connectivity index (χ2v) is 9.96. The van der Waals surface area contributed by atoms with Gasteiger partial charge in [0.25, 0.3) is 11.1 Å². The number of hydrogen-bond donors (Lipinski definition) is 1. The van der Waals surface area contributed by atoms with Crippen molar-refractivity contribution in [3.63, 3.8) is 0 Å². The number of thioether (sulfide) groups is 1. The number of aromatic nitrogens is 1. The van der Waals surface area contributed by atoms with Gasteiger partial charge in [-0.3, -0.25) is 19.4 Å². The molecular formula is C21H22F4N6O4S2. The van der Waals surface area contributed by atoms with E-state index in [1.807, 2.05) is 0 Å². The quantitative estimate of drug-likeness (QED) is 0.564. The summed E-state index contributed by atoms with van der Waals surface area (Å²) in [5, 5.41) is -0.639. The van der Waals surface area contributed by atoms with Gasteiger partial charge in [0.1, 0.15) is 10.7 Å². The molecule has 0 aliphatic carbocycles. The third-order valence-corrected chi connectivity index (χ3v) is 7.46. The molecule has 3 amide bonds. The van der Waals surface area contributed by atoms with Crippen molar-refractivity contribution >= 4 is 56.8 Å². The number of amides is 3. The smallest absolute Gasteiger partial charge is 0.423 e. The molecule has 16 heteroatoms. The van der Waals surface area contributed by atoms with E-state index < -0.39 is 40.8 Å². The van der Waals surface area contributed by atoms with Gasteiger partial charge in [0, 0.05) is 33.2 Å². The van der Waals surface area contributed by atoms with Gasteiger partial charge < -0.3 is 20.3 Å². The highest BCUT2D eigenvalue weighted by atomic mass is 32.2. The first-order valence-corrected chi connectivity index (χ1v) is 12.9.